The highest BCUT2D eigenvalue weighted by molar-refractivity contribution is 5.82. The molecule has 1 fully saturated rings. The van der Waals surface area contributed by atoms with Gasteiger partial charge in [-0.3, -0.25) is 4.79 Å². The van der Waals surface area contributed by atoms with E-state index in [1.54, 1.807) is 6.20 Å². The Hall–Kier alpha value is -1.05. The third-order valence-electron chi connectivity index (χ3n) is 4.35. The number of allylic oxidation sites excluding steroid dienone is 2. The highest BCUT2D eigenvalue weighted by atomic mass is 16.2. The van der Waals surface area contributed by atoms with Gasteiger partial charge in [-0.15, -0.1) is 0 Å². The van der Waals surface area contributed by atoms with Crippen LogP contribution in [0.4, 0.5) is 0 Å². The summed E-state index contributed by atoms with van der Waals surface area (Å²) < 4.78 is 0. The molecule has 0 radical (unpaired) electrons. The van der Waals surface area contributed by atoms with Crippen molar-refractivity contribution in [2.45, 2.75) is 60.8 Å². The van der Waals surface area contributed by atoms with Crippen LogP contribution in [0.2, 0.25) is 0 Å². The number of hydrogen-bond acceptors (Lipinski definition) is 1. The molecule has 0 spiro atoms. The lowest BCUT2D eigenvalue weighted by atomic mass is 9.94. The molecule has 0 aromatic carbocycles. The van der Waals surface area contributed by atoms with E-state index in [4.69, 9.17) is 0 Å². The van der Waals surface area contributed by atoms with Crippen LogP contribution < -0.4 is 0 Å². The molecule has 2 nitrogen and oxygen atoms in total. The molecule has 0 heterocycles. The van der Waals surface area contributed by atoms with Gasteiger partial charge in [0.15, 0.2) is 0 Å². The fraction of sp³-hybridized carbons (Fsp3) is 0.722. The topological polar surface area (TPSA) is 20.3 Å². The van der Waals surface area contributed by atoms with Crippen molar-refractivity contribution in [3.05, 3.63) is 24.4 Å². The number of carbonyl (C=O) groups is 1. The predicted octanol–water partition coefficient (Wildman–Crippen LogP) is 4.78. The maximum atomic E-state index is 12.3. The molecular formula is C18H31NO. The molecule has 0 saturated heterocycles. The van der Waals surface area contributed by atoms with Crippen molar-refractivity contribution in [1.82, 2.24) is 4.90 Å². The first kappa shape index (κ1) is 17.0. The van der Waals surface area contributed by atoms with Gasteiger partial charge in [0.2, 0.25) is 5.91 Å². The second-order valence-electron chi connectivity index (χ2n) is 7.77. The average Bonchev–Trinajstić information content (AvgIpc) is 2.94. The number of rotatable bonds is 6. The Bertz CT molecular complexity index is 398. The molecule has 0 aromatic rings. The molecule has 0 aliphatic heterocycles. The van der Waals surface area contributed by atoms with E-state index < -0.39 is 0 Å². The molecule has 20 heavy (non-hydrogen) atoms. The minimum atomic E-state index is -0.332. The van der Waals surface area contributed by atoms with Gasteiger partial charge in [-0.1, -0.05) is 45.9 Å². The largest absolute Gasteiger partial charge is 0.319 e. The third-order valence-corrected chi connectivity index (χ3v) is 4.35. The molecule has 2 unspecified atom stereocenters. The Morgan fingerprint density at radius 2 is 2.00 bits per heavy atom. The van der Waals surface area contributed by atoms with E-state index in [2.05, 4.69) is 33.4 Å². The van der Waals surface area contributed by atoms with Crippen LogP contribution in [0.5, 0.6) is 0 Å². The minimum absolute atomic E-state index is 0.172. The van der Waals surface area contributed by atoms with Crippen molar-refractivity contribution >= 4 is 5.91 Å². The lowest BCUT2D eigenvalue weighted by molar-refractivity contribution is -0.136. The van der Waals surface area contributed by atoms with E-state index in [1.807, 2.05) is 25.7 Å². The Morgan fingerprint density at radius 3 is 2.45 bits per heavy atom. The van der Waals surface area contributed by atoms with Crippen molar-refractivity contribution in [3.8, 4) is 0 Å². The average molecular weight is 277 g/mol. The normalized spacial score (nSPS) is 25.0. The summed E-state index contributed by atoms with van der Waals surface area (Å²) in [6, 6.07) is 0. The summed E-state index contributed by atoms with van der Waals surface area (Å²) in [5.41, 5.74) is 1.47. The maximum absolute atomic E-state index is 12.3. The molecule has 0 bridgehead atoms. The molecule has 1 amide bonds. The van der Waals surface area contributed by atoms with E-state index in [0.29, 0.717) is 11.3 Å². The maximum Gasteiger partial charge on any atom is 0.231 e. The van der Waals surface area contributed by atoms with Gasteiger partial charge in [0.1, 0.15) is 0 Å². The molecule has 1 aliphatic carbocycles. The quantitative estimate of drug-likeness (QED) is 0.640. The second kappa shape index (κ2) is 6.15. The van der Waals surface area contributed by atoms with Crippen molar-refractivity contribution < 1.29 is 4.79 Å². The van der Waals surface area contributed by atoms with Crippen LogP contribution in [0.25, 0.3) is 0 Å². The van der Waals surface area contributed by atoms with E-state index in [9.17, 15) is 4.79 Å². The minimum Gasteiger partial charge on any atom is -0.319 e. The highest BCUT2D eigenvalue weighted by Crippen LogP contribution is 2.56. The van der Waals surface area contributed by atoms with Crippen LogP contribution >= 0.6 is 0 Å². The summed E-state index contributed by atoms with van der Waals surface area (Å²) in [7, 11) is 0. The SMILES string of the molecule is C=CN(CC1CC1(C)CCC=C(C)C)C(=O)C(C)(C)C. The summed E-state index contributed by atoms with van der Waals surface area (Å²) in [6.07, 6.45) is 7.61. The molecule has 2 atom stereocenters. The van der Waals surface area contributed by atoms with Gasteiger partial charge in [-0.25, -0.2) is 0 Å². The number of carbonyl (C=O) groups excluding carboxylic acids is 1. The van der Waals surface area contributed by atoms with E-state index >= 15 is 0 Å². The van der Waals surface area contributed by atoms with Crippen LogP contribution in [0.1, 0.15) is 60.8 Å². The molecular weight excluding hydrogens is 246 g/mol. The van der Waals surface area contributed by atoms with Gasteiger partial charge in [-0.05, 0) is 50.6 Å². The monoisotopic (exact) mass is 277 g/mol. The van der Waals surface area contributed by atoms with Crippen LogP contribution in [0, 0.1) is 16.7 Å². The Morgan fingerprint density at radius 1 is 1.40 bits per heavy atom. The van der Waals surface area contributed by atoms with Gasteiger partial charge < -0.3 is 4.90 Å². The number of nitrogens with zero attached hydrogens (tertiary/aromatic N) is 1. The zero-order valence-electron chi connectivity index (χ0n) is 14.1. The van der Waals surface area contributed by atoms with E-state index in [0.717, 1.165) is 13.0 Å². The summed E-state index contributed by atoms with van der Waals surface area (Å²) in [6.45, 7) is 17.2. The Labute approximate surface area is 124 Å². The summed E-state index contributed by atoms with van der Waals surface area (Å²) in [5, 5.41) is 0. The molecule has 114 valence electrons. The molecule has 1 aliphatic rings. The zero-order valence-corrected chi connectivity index (χ0v) is 14.1. The Balaban J connectivity index is 2.52. The first-order valence-corrected chi connectivity index (χ1v) is 7.67. The number of amides is 1. The molecule has 2 heteroatoms. The molecule has 0 aromatic heterocycles. The van der Waals surface area contributed by atoms with Gasteiger partial charge in [0.05, 0.1) is 0 Å². The standard InChI is InChI=1S/C18H31NO/c1-8-19(16(20)17(4,5)6)13-15-12-18(15,7)11-9-10-14(2)3/h8,10,15H,1,9,11-13H2,2-7H3. The van der Waals surface area contributed by atoms with Gasteiger partial charge >= 0.3 is 0 Å². The predicted molar refractivity (Wildman–Crippen MR) is 86.2 cm³/mol. The van der Waals surface area contributed by atoms with E-state index in [1.165, 1.54) is 18.4 Å². The van der Waals surface area contributed by atoms with Gasteiger partial charge in [0.25, 0.3) is 0 Å². The second-order valence-corrected chi connectivity index (χ2v) is 7.77. The van der Waals surface area contributed by atoms with Crippen molar-refractivity contribution in [3.63, 3.8) is 0 Å². The molecule has 0 N–H and O–H groups in total. The summed E-state index contributed by atoms with van der Waals surface area (Å²) in [4.78, 5) is 14.1. The lowest BCUT2D eigenvalue weighted by Crippen LogP contribution is -2.37. The Kier molecular flexibility index (Phi) is 5.23. The lowest BCUT2D eigenvalue weighted by Gasteiger charge is -2.27. The first-order valence-electron chi connectivity index (χ1n) is 7.67. The fourth-order valence-electron chi connectivity index (χ4n) is 2.69. The smallest absolute Gasteiger partial charge is 0.231 e. The molecule has 1 rings (SSSR count). The van der Waals surface area contributed by atoms with Crippen LogP contribution in [0.15, 0.2) is 24.4 Å². The van der Waals surface area contributed by atoms with Gasteiger partial charge in [-0.2, -0.15) is 0 Å². The zero-order chi connectivity index (χ0) is 15.6. The number of hydrogen-bond donors (Lipinski definition) is 0. The first-order chi connectivity index (χ1) is 9.10. The summed E-state index contributed by atoms with van der Waals surface area (Å²) in [5.74, 6) is 0.795. The van der Waals surface area contributed by atoms with Crippen LogP contribution in [-0.2, 0) is 4.79 Å². The van der Waals surface area contributed by atoms with Crippen molar-refractivity contribution in [2.75, 3.05) is 6.54 Å². The van der Waals surface area contributed by atoms with Gasteiger partial charge in [0, 0.05) is 12.0 Å². The molecule has 1 saturated carbocycles. The van der Waals surface area contributed by atoms with Crippen molar-refractivity contribution in [1.29, 1.82) is 0 Å². The van der Waals surface area contributed by atoms with Crippen molar-refractivity contribution in [2.24, 2.45) is 16.7 Å². The third kappa shape index (κ3) is 4.50. The highest BCUT2D eigenvalue weighted by Gasteiger charge is 2.50. The van der Waals surface area contributed by atoms with Crippen LogP contribution in [-0.4, -0.2) is 17.4 Å². The van der Waals surface area contributed by atoms with Crippen LogP contribution in [0.3, 0.4) is 0 Å². The van der Waals surface area contributed by atoms with E-state index in [-0.39, 0.29) is 11.3 Å². The fourth-order valence-corrected chi connectivity index (χ4v) is 2.69. The summed E-state index contributed by atoms with van der Waals surface area (Å²) >= 11 is 0.